The van der Waals surface area contributed by atoms with Gasteiger partial charge >= 0.3 is 0 Å². The molecule has 196 valence electrons. The van der Waals surface area contributed by atoms with Crippen LogP contribution in [0.15, 0.2) is 56.2 Å². The highest BCUT2D eigenvalue weighted by atomic mass is 32.2. The van der Waals surface area contributed by atoms with Gasteiger partial charge in [-0.25, -0.2) is 16.8 Å². The molecule has 0 saturated carbocycles. The van der Waals surface area contributed by atoms with Crippen LogP contribution in [0.1, 0.15) is 0 Å². The highest BCUT2D eigenvalue weighted by molar-refractivity contribution is 7.91. The molecule has 0 unspecified atom stereocenters. The summed E-state index contributed by atoms with van der Waals surface area (Å²) < 4.78 is 57.0. The standard InChI is InChI=1S/C22H22N4O7S4/c1-25-15-7-5-13(36(3,29)30)9-17(15)34-21(25)23-19(27)11-33-12-20(28)24-22-26(2)16-8-6-14(37(4,31)32)10-18(16)35-22/h5-10H,11-12H2,1-4H3. The molecule has 0 fully saturated rings. The Kier molecular flexibility index (Phi) is 7.36. The summed E-state index contributed by atoms with van der Waals surface area (Å²) in [7, 11) is -3.32. The maximum atomic E-state index is 12.3. The van der Waals surface area contributed by atoms with E-state index < -0.39 is 44.7 Å². The number of thiazole rings is 2. The Morgan fingerprint density at radius 3 is 1.49 bits per heavy atom. The Morgan fingerprint density at radius 2 is 1.14 bits per heavy atom. The highest BCUT2D eigenvalue weighted by Gasteiger charge is 2.13. The molecule has 0 bridgehead atoms. The molecule has 0 saturated heterocycles. The van der Waals surface area contributed by atoms with E-state index in [1.807, 2.05) is 0 Å². The normalized spacial score (nSPS) is 13.6. The minimum atomic E-state index is -3.37. The number of aromatic nitrogens is 2. The van der Waals surface area contributed by atoms with Crippen molar-refractivity contribution < 1.29 is 31.2 Å². The molecule has 37 heavy (non-hydrogen) atoms. The number of ether oxygens (including phenoxy) is 1. The third-order valence-corrected chi connectivity index (χ3v) is 9.72. The lowest BCUT2D eigenvalue weighted by atomic mass is 10.3. The fourth-order valence-electron chi connectivity index (χ4n) is 3.41. The number of carbonyl (C=O) groups is 2. The molecule has 0 N–H and O–H groups in total. The summed E-state index contributed by atoms with van der Waals surface area (Å²) in [5.74, 6) is -1.22. The molecular weight excluding hydrogens is 561 g/mol. The van der Waals surface area contributed by atoms with Crippen molar-refractivity contribution in [1.82, 2.24) is 9.13 Å². The van der Waals surface area contributed by atoms with E-state index in [0.717, 1.165) is 46.2 Å². The van der Waals surface area contributed by atoms with Crippen LogP contribution in [-0.2, 0) is 48.1 Å². The van der Waals surface area contributed by atoms with E-state index in [4.69, 9.17) is 4.74 Å². The first kappa shape index (κ1) is 27.1. The predicted molar refractivity (Wildman–Crippen MR) is 140 cm³/mol. The van der Waals surface area contributed by atoms with Crippen molar-refractivity contribution in [3.05, 3.63) is 46.0 Å². The number of rotatable bonds is 6. The molecule has 11 nitrogen and oxygen atoms in total. The number of fused-ring (bicyclic) bond motifs is 2. The molecule has 0 aliphatic heterocycles. The fourth-order valence-corrected chi connectivity index (χ4v) is 7.00. The summed E-state index contributed by atoms with van der Waals surface area (Å²) >= 11 is 2.32. The lowest BCUT2D eigenvalue weighted by molar-refractivity contribution is -0.127. The molecule has 4 aromatic rings. The summed E-state index contributed by atoms with van der Waals surface area (Å²) in [6.45, 7) is -0.888. The second kappa shape index (κ2) is 10.1. The highest BCUT2D eigenvalue weighted by Crippen LogP contribution is 2.22. The van der Waals surface area contributed by atoms with Gasteiger partial charge in [-0.1, -0.05) is 22.7 Å². The summed E-state index contributed by atoms with van der Waals surface area (Å²) in [6.07, 6.45) is 2.24. The lowest BCUT2D eigenvalue weighted by Gasteiger charge is -1.99. The number of hydrogen-bond donors (Lipinski definition) is 0. The zero-order valence-corrected chi connectivity index (χ0v) is 23.4. The quantitative estimate of drug-likeness (QED) is 0.332. The van der Waals surface area contributed by atoms with Gasteiger partial charge in [-0.2, -0.15) is 9.98 Å². The van der Waals surface area contributed by atoms with Crippen molar-refractivity contribution in [2.45, 2.75) is 9.79 Å². The number of amides is 2. The Morgan fingerprint density at radius 1 is 0.757 bits per heavy atom. The van der Waals surface area contributed by atoms with Crippen molar-refractivity contribution >= 4 is 74.6 Å². The Balaban J connectivity index is 1.46. The third kappa shape index (κ3) is 5.96. The minimum absolute atomic E-state index is 0.174. The number of aryl methyl sites for hydroxylation is 2. The number of carbonyl (C=O) groups excluding carboxylic acids is 2. The Labute approximate surface area is 219 Å². The number of benzene rings is 2. The second-order valence-electron chi connectivity index (χ2n) is 8.19. The van der Waals surface area contributed by atoms with Crippen LogP contribution in [0.4, 0.5) is 0 Å². The van der Waals surface area contributed by atoms with E-state index in [1.165, 1.54) is 24.3 Å². The van der Waals surface area contributed by atoms with Crippen molar-refractivity contribution in [2.24, 2.45) is 24.1 Å². The first-order valence-corrected chi connectivity index (χ1v) is 16.0. The topological polar surface area (TPSA) is 146 Å². The van der Waals surface area contributed by atoms with Gasteiger partial charge in [0.2, 0.25) is 0 Å². The minimum Gasteiger partial charge on any atom is -0.362 e. The van der Waals surface area contributed by atoms with Crippen LogP contribution in [0.5, 0.6) is 0 Å². The molecule has 2 aromatic carbocycles. The van der Waals surface area contributed by atoms with Gasteiger partial charge in [0.05, 0.1) is 30.2 Å². The van der Waals surface area contributed by atoms with Crippen LogP contribution >= 0.6 is 22.7 Å². The average Bonchev–Trinajstić information content (AvgIpc) is 3.28. The van der Waals surface area contributed by atoms with E-state index in [9.17, 15) is 26.4 Å². The first-order valence-electron chi connectivity index (χ1n) is 10.6. The molecule has 2 amide bonds. The number of nitrogens with zero attached hydrogens (tertiary/aromatic N) is 4. The zero-order valence-electron chi connectivity index (χ0n) is 20.2. The average molecular weight is 583 g/mol. The first-order chi connectivity index (χ1) is 17.2. The van der Waals surface area contributed by atoms with Crippen LogP contribution in [0.3, 0.4) is 0 Å². The molecule has 2 aromatic heterocycles. The van der Waals surface area contributed by atoms with Crippen LogP contribution in [0.2, 0.25) is 0 Å². The fraction of sp³-hybridized carbons (Fsp3) is 0.273. The van der Waals surface area contributed by atoms with Gasteiger partial charge < -0.3 is 13.9 Å². The predicted octanol–water partition coefficient (Wildman–Crippen LogP) is 1.17. The maximum absolute atomic E-state index is 12.3. The molecule has 15 heteroatoms. The van der Waals surface area contributed by atoms with Gasteiger partial charge in [-0.05, 0) is 36.4 Å². The maximum Gasteiger partial charge on any atom is 0.274 e. The van der Waals surface area contributed by atoms with Gasteiger partial charge in [0, 0.05) is 26.6 Å². The molecule has 0 spiro atoms. The Bertz CT molecular complexity index is 1780. The zero-order chi connectivity index (χ0) is 27.1. The monoisotopic (exact) mass is 582 g/mol. The summed E-state index contributed by atoms with van der Waals surface area (Å²) in [5, 5.41) is 0. The van der Waals surface area contributed by atoms with Crippen LogP contribution < -0.4 is 9.60 Å². The molecule has 0 aliphatic carbocycles. The van der Waals surface area contributed by atoms with Crippen LogP contribution in [0.25, 0.3) is 20.4 Å². The van der Waals surface area contributed by atoms with E-state index in [-0.39, 0.29) is 9.79 Å². The molecular formula is C22H22N4O7S4. The molecule has 2 heterocycles. The van der Waals surface area contributed by atoms with Crippen molar-refractivity contribution in [3.63, 3.8) is 0 Å². The van der Waals surface area contributed by atoms with Gasteiger partial charge in [-0.3, -0.25) is 9.59 Å². The molecule has 0 atom stereocenters. The van der Waals surface area contributed by atoms with E-state index in [1.54, 1.807) is 35.4 Å². The van der Waals surface area contributed by atoms with Gasteiger partial charge in [0.1, 0.15) is 13.2 Å². The summed E-state index contributed by atoms with van der Waals surface area (Å²) in [5.41, 5.74) is 1.44. The second-order valence-corrected chi connectivity index (χ2v) is 14.2. The van der Waals surface area contributed by atoms with Crippen molar-refractivity contribution in [3.8, 4) is 0 Å². The van der Waals surface area contributed by atoms with E-state index in [0.29, 0.717) is 19.0 Å². The van der Waals surface area contributed by atoms with Gasteiger partial charge in [0.15, 0.2) is 29.3 Å². The number of sulfone groups is 2. The smallest absolute Gasteiger partial charge is 0.274 e. The van der Waals surface area contributed by atoms with E-state index in [2.05, 4.69) is 9.98 Å². The van der Waals surface area contributed by atoms with Crippen LogP contribution in [0, 0.1) is 0 Å². The summed E-state index contributed by atoms with van der Waals surface area (Å²) in [4.78, 5) is 33.7. The SMILES string of the molecule is Cn1c(=NC(=O)COCC(=O)N=c2sc3cc(S(C)(=O)=O)ccc3n2C)sc2cc(S(C)(=O)=O)ccc21. The van der Waals surface area contributed by atoms with Crippen molar-refractivity contribution in [2.75, 3.05) is 25.7 Å². The molecule has 0 aliphatic rings. The third-order valence-electron chi connectivity index (χ3n) is 5.31. The number of hydrogen-bond acceptors (Lipinski definition) is 9. The molecule has 0 radical (unpaired) electrons. The van der Waals surface area contributed by atoms with Crippen LogP contribution in [-0.4, -0.2) is 63.5 Å². The Hall–Kier alpha value is -2.98. The lowest BCUT2D eigenvalue weighted by Crippen LogP contribution is -2.19. The summed E-state index contributed by atoms with van der Waals surface area (Å²) in [6, 6.07) is 9.36. The largest absolute Gasteiger partial charge is 0.362 e. The van der Waals surface area contributed by atoms with Gasteiger partial charge in [-0.15, -0.1) is 0 Å². The van der Waals surface area contributed by atoms with Crippen molar-refractivity contribution in [1.29, 1.82) is 0 Å². The van der Waals surface area contributed by atoms with E-state index >= 15 is 0 Å². The molecule has 4 rings (SSSR count). The van der Waals surface area contributed by atoms with Gasteiger partial charge in [0.25, 0.3) is 11.8 Å².